The lowest BCUT2D eigenvalue weighted by molar-refractivity contribution is -0.124. The Labute approximate surface area is 127 Å². The van der Waals surface area contributed by atoms with Crippen molar-refractivity contribution < 1.29 is 18.7 Å². The van der Waals surface area contributed by atoms with Crippen molar-refractivity contribution in [2.45, 2.75) is 6.54 Å². The van der Waals surface area contributed by atoms with Gasteiger partial charge in [0.1, 0.15) is 15.1 Å². The highest BCUT2D eigenvalue weighted by Crippen LogP contribution is 2.29. The Kier molecular flexibility index (Phi) is 4.99. The summed E-state index contributed by atoms with van der Waals surface area (Å²) in [5.74, 6) is -0.669. The summed E-state index contributed by atoms with van der Waals surface area (Å²) in [4.78, 5) is 23.1. The number of amides is 1. The highest BCUT2D eigenvalue weighted by Gasteiger charge is 2.19. The topological polar surface area (TPSA) is 81.4 Å². The Hall–Kier alpha value is -1.57. The van der Waals surface area contributed by atoms with Crippen molar-refractivity contribution in [1.82, 2.24) is 9.69 Å². The second-order valence-corrected chi connectivity index (χ2v) is 5.30. The quantitative estimate of drug-likeness (QED) is 0.849. The van der Waals surface area contributed by atoms with Crippen LogP contribution in [0.25, 0.3) is 0 Å². The van der Waals surface area contributed by atoms with E-state index in [-0.39, 0.29) is 21.6 Å². The van der Waals surface area contributed by atoms with Gasteiger partial charge in [0, 0.05) is 0 Å². The Bertz CT molecular complexity index is 612. The summed E-state index contributed by atoms with van der Waals surface area (Å²) >= 11 is 12.3. The summed E-state index contributed by atoms with van der Waals surface area (Å²) in [7, 11) is 0. The van der Waals surface area contributed by atoms with Crippen LogP contribution < -0.4 is 5.32 Å². The molecule has 0 aliphatic heterocycles. The number of aromatic nitrogens is 1. The molecule has 0 saturated heterocycles. The average molecular weight is 335 g/mol. The van der Waals surface area contributed by atoms with Gasteiger partial charge in [-0.1, -0.05) is 23.2 Å². The smallest absolute Gasteiger partial charge is 0.360 e. The molecule has 0 atom stereocenters. The van der Waals surface area contributed by atoms with Gasteiger partial charge in [0.15, 0.2) is 12.3 Å². The van der Waals surface area contributed by atoms with Crippen LogP contribution in [0.5, 0.6) is 0 Å². The van der Waals surface area contributed by atoms with E-state index in [0.29, 0.717) is 5.76 Å². The molecule has 9 heteroatoms. The van der Waals surface area contributed by atoms with Gasteiger partial charge in [0.05, 0.1) is 12.8 Å². The molecule has 0 aromatic carbocycles. The third-order valence-electron chi connectivity index (χ3n) is 2.17. The molecule has 0 bridgehead atoms. The zero-order chi connectivity index (χ0) is 14.5. The molecule has 0 unspecified atom stereocenters. The molecular formula is C11H8Cl2N2O4S. The Morgan fingerprint density at radius 3 is 2.85 bits per heavy atom. The van der Waals surface area contributed by atoms with Crippen molar-refractivity contribution in [2.24, 2.45) is 0 Å². The minimum absolute atomic E-state index is 0.0256. The summed E-state index contributed by atoms with van der Waals surface area (Å²) in [6, 6.07) is 3.42. The predicted molar refractivity (Wildman–Crippen MR) is 73.0 cm³/mol. The van der Waals surface area contributed by atoms with Crippen LogP contribution in [0.15, 0.2) is 22.8 Å². The fraction of sp³-hybridized carbons (Fsp3) is 0.182. The van der Waals surface area contributed by atoms with Crippen LogP contribution in [-0.4, -0.2) is 22.9 Å². The van der Waals surface area contributed by atoms with Crippen molar-refractivity contribution in [3.63, 3.8) is 0 Å². The number of rotatable bonds is 5. The molecule has 1 amide bonds. The number of carbonyl (C=O) groups excluding carboxylic acids is 2. The molecule has 2 aromatic heterocycles. The molecule has 2 aromatic rings. The number of furan rings is 1. The Morgan fingerprint density at radius 2 is 2.25 bits per heavy atom. The van der Waals surface area contributed by atoms with Crippen LogP contribution in [0, 0.1) is 0 Å². The van der Waals surface area contributed by atoms with Crippen molar-refractivity contribution in [3.8, 4) is 0 Å². The number of hydrogen-bond donors (Lipinski definition) is 1. The van der Waals surface area contributed by atoms with E-state index < -0.39 is 18.5 Å². The van der Waals surface area contributed by atoms with E-state index in [1.54, 1.807) is 12.1 Å². The van der Waals surface area contributed by atoms with Gasteiger partial charge in [-0.05, 0) is 23.7 Å². The number of carbonyl (C=O) groups is 2. The highest BCUT2D eigenvalue weighted by atomic mass is 35.5. The average Bonchev–Trinajstić information content (AvgIpc) is 3.05. The zero-order valence-corrected chi connectivity index (χ0v) is 12.2. The summed E-state index contributed by atoms with van der Waals surface area (Å²) in [5.41, 5.74) is -0.0968. The molecule has 1 N–H and O–H groups in total. The van der Waals surface area contributed by atoms with Gasteiger partial charge >= 0.3 is 5.97 Å². The number of nitrogens with one attached hydrogen (secondary N) is 1. The third kappa shape index (κ3) is 3.72. The van der Waals surface area contributed by atoms with Gasteiger partial charge in [-0.3, -0.25) is 4.79 Å². The summed E-state index contributed by atoms with van der Waals surface area (Å²) < 4.78 is 13.7. The lowest BCUT2D eigenvalue weighted by Gasteiger charge is -2.04. The van der Waals surface area contributed by atoms with E-state index in [1.165, 1.54) is 6.26 Å². The number of esters is 1. The van der Waals surface area contributed by atoms with E-state index in [2.05, 4.69) is 9.69 Å². The molecule has 0 aliphatic rings. The monoisotopic (exact) mass is 334 g/mol. The maximum atomic E-state index is 11.6. The van der Waals surface area contributed by atoms with Crippen LogP contribution >= 0.6 is 34.7 Å². The van der Waals surface area contributed by atoms with Gasteiger partial charge in [0.2, 0.25) is 0 Å². The van der Waals surface area contributed by atoms with Crippen LogP contribution in [0.4, 0.5) is 0 Å². The predicted octanol–water partition coefficient (Wildman–Crippen LogP) is 2.52. The fourth-order valence-electron chi connectivity index (χ4n) is 1.24. The minimum Gasteiger partial charge on any atom is -0.467 e. The maximum absolute atomic E-state index is 11.6. The first-order valence-corrected chi connectivity index (χ1v) is 6.87. The highest BCUT2D eigenvalue weighted by molar-refractivity contribution is 7.11. The molecule has 2 rings (SSSR count). The largest absolute Gasteiger partial charge is 0.467 e. The summed E-state index contributed by atoms with van der Waals surface area (Å²) in [6.45, 7) is -0.225. The van der Waals surface area contributed by atoms with Gasteiger partial charge in [-0.15, -0.1) is 0 Å². The van der Waals surface area contributed by atoms with Gasteiger partial charge < -0.3 is 14.5 Å². The minimum atomic E-state index is -0.800. The van der Waals surface area contributed by atoms with E-state index in [0.717, 1.165) is 11.5 Å². The molecule has 0 aliphatic carbocycles. The first-order valence-electron chi connectivity index (χ1n) is 5.35. The number of hydrogen-bond acceptors (Lipinski definition) is 6. The second-order valence-electron chi connectivity index (χ2n) is 3.55. The molecule has 106 valence electrons. The fourth-order valence-corrected chi connectivity index (χ4v) is 2.22. The molecule has 0 fully saturated rings. The van der Waals surface area contributed by atoms with Crippen molar-refractivity contribution in [2.75, 3.05) is 6.61 Å². The van der Waals surface area contributed by atoms with Gasteiger partial charge in [0.25, 0.3) is 5.91 Å². The van der Waals surface area contributed by atoms with E-state index >= 15 is 0 Å². The van der Waals surface area contributed by atoms with Crippen LogP contribution in [-0.2, 0) is 16.1 Å². The van der Waals surface area contributed by atoms with E-state index in [9.17, 15) is 9.59 Å². The summed E-state index contributed by atoms with van der Waals surface area (Å²) in [6.07, 6.45) is 1.50. The molecule has 20 heavy (non-hydrogen) atoms. The molecule has 6 nitrogen and oxygen atoms in total. The first-order chi connectivity index (χ1) is 9.58. The van der Waals surface area contributed by atoms with Crippen LogP contribution in [0.3, 0.4) is 0 Å². The Morgan fingerprint density at radius 1 is 1.45 bits per heavy atom. The second kappa shape index (κ2) is 6.74. The standard InChI is InChI=1S/C11H8Cl2N2O4S/c12-8-9(15-20-10(8)13)11(17)19-5-7(16)14-4-6-2-1-3-18-6/h1-3H,4-5H2,(H,14,16). The third-order valence-corrected chi connectivity index (χ3v) is 3.78. The van der Waals surface area contributed by atoms with Crippen molar-refractivity contribution >= 4 is 46.6 Å². The van der Waals surface area contributed by atoms with Crippen molar-refractivity contribution in [3.05, 3.63) is 39.2 Å². The normalized spacial score (nSPS) is 10.3. The first kappa shape index (κ1) is 14.8. The van der Waals surface area contributed by atoms with Gasteiger partial charge in [-0.2, -0.15) is 4.37 Å². The van der Waals surface area contributed by atoms with E-state index in [4.69, 9.17) is 32.4 Å². The number of halogens is 2. The van der Waals surface area contributed by atoms with E-state index in [1.807, 2.05) is 0 Å². The number of nitrogens with zero attached hydrogens (tertiary/aromatic N) is 1. The van der Waals surface area contributed by atoms with Crippen molar-refractivity contribution in [1.29, 1.82) is 0 Å². The molecule has 2 heterocycles. The Balaban J connectivity index is 1.78. The summed E-state index contributed by atoms with van der Waals surface area (Å²) in [5, 5.41) is 2.55. The molecule has 0 radical (unpaired) electrons. The molecular weight excluding hydrogens is 327 g/mol. The lowest BCUT2D eigenvalue weighted by Crippen LogP contribution is -2.28. The SMILES string of the molecule is O=C(COC(=O)c1nsc(Cl)c1Cl)NCc1ccco1. The molecule has 0 spiro atoms. The van der Waals surface area contributed by atoms with Gasteiger partial charge in [-0.25, -0.2) is 4.79 Å². The zero-order valence-electron chi connectivity index (χ0n) is 9.89. The number of ether oxygens (including phenoxy) is 1. The van der Waals surface area contributed by atoms with Crippen LogP contribution in [0.1, 0.15) is 16.2 Å². The molecule has 0 saturated carbocycles. The van der Waals surface area contributed by atoms with Crippen LogP contribution in [0.2, 0.25) is 9.36 Å². The lowest BCUT2D eigenvalue weighted by atomic mass is 10.4. The maximum Gasteiger partial charge on any atom is 0.360 e.